The molecule has 0 amide bonds. The largest absolute Gasteiger partial charge is 0.491 e. The van der Waals surface area contributed by atoms with Crippen LogP contribution in [-0.2, 0) is 6.54 Å². The van der Waals surface area contributed by atoms with Crippen LogP contribution in [0.2, 0.25) is 0 Å². The van der Waals surface area contributed by atoms with Crippen LogP contribution >= 0.6 is 35.3 Å². The van der Waals surface area contributed by atoms with E-state index in [0.29, 0.717) is 24.8 Å². The predicted molar refractivity (Wildman–Crippen MR) is 122 cm³/mol. The Labute approximate surface area is 185 Å². The molecule has 0 radical (unpaired) electrons. The van der Waals surface area contributed by atoms with Crippen molar-refractivity contribution in [3.05, 3.63) is 56.3 Å². The summed E-state index contributed by atoms with van der Waals surface area (Å²) in [4.78, 5) is 17.1. The number of aliphatic hydroxyl groups excluding tert-OH is 1. The van der Waals surface area contributed by atoms with Gasteiger partial charge in [-0.2, -0.15) is 0 Å². The molecule has 0 aliphatic carbocycles. The van der Waals surface area contributed by atoms with Crippen molar-refractivity contribution in [3.63, 3.8) is 0 Å². The molecule has 1 atom stereocenters. The van der Waals surface area contributed by atoms with Crippen molar-refractivity contribution < 1.29 is 14.8 Å². The molecule has 0 spiro atoms. The first kappa shape index (κ1) is 24.1. The number of guanidine groups is 1. The lowest BCUT2D eigenvalue weighted by Crippen LogP contribution is -2.42. The molecule has 2 rings (SSSR count). The highest BCUT2D eigenvalue weighted by Gasteiger charge is 2.09. The molecular weight excluding hydrogens is 495 g/mol. The van der Waals surface area contributed by atoms with Crippen LogP contribution in [0.25, 0.3) is 0 Å². The lowest BCUT2D eigenvalue weighted by molar-refractivity contribution is -0.384. The number of aryl methyl sites for hydroxylation is 1. The number of nitrogens with zero attached hydrogens (tertiary/aromatic N) is 2. The average Bonchev–Trinajstić information content (AvgIpc) is 3.08. The standard InChI is InChI=1S/C18H24N4O4S.HI/c1-3-19-18(21-11-17-9-4-13(2)27-17)20-10-15(23)12-26-16-7-5-14(6-8-16)22(24)25;/h4-9,15,23H,3,10-12H2,1-2H3,(H2,19,20,21);1H. The third-order valence-electron chi connectivity index (χ3n) is 3.53. The zero-order valence-corrected chi connectivity index (χ0v) is 18.9. The molecule has 1 aromatic heterocycles. The summed E-state index contributed by atoms with van der Waals surface area (Å²) >= 11 is 1.71. The molecule has 0 bridgehead atoms. The summed E-state index contributed by atoms with van der Waals surface area (Å²) in [7, 11) is 0. The van der Waals surface area contributed by atoms with Gasteiger partial charge in [0.05, 0.1) is 11.5 Å². The number of aliphatic imine (C=N–C) groups is 1. The monoisotopic (exact) mass is 520 g/mol. The van der Waals surface area contributed by atoms with E-state index in [2.05, 4.69) is 34.7 Å². The lowest BCUT2D eigenvalue weighted by atomic mass is 10.3. The molecule has 2 aromatic rings. The van der Waals surface area contributed by atoms with E-state index in [0.717, 1.165) is 0 Å². The smallest absolute Gasteiger partial charge is 0.269 e. The third kappa shape index (κ3) is 8.40. The molecule has 1 unspecified atom stereocenters. The number of nitrogens with one attached hydrogen (secondary N) is 2. The Morgan fingerprint density at radius 3 is 2.57 bits per heavy atom. The van der Waals surface area contributed by atoms with Gasteiger partial charge in [-0.15, -0.1) is 35.3 Å². The minimum atomic E-state index is -0.756. The fourth-order valence-corrected chi connectivity index (χ4v) is 3.01. The third-order valence-corrected chi connectivity index (χ3v) is 4.51. The van der Waals surface area contributed by atoms with E-state index in [-0.39, 0.29) is 42.8 Å². The Hall–Kier alpha value is -1.92. The first-order chi connectivity index (χ1) is 13.0. The highest BCUT2D eigenvalue weighted by molar-refractivity contribution is 14.0. The van der Waals surface area contributed by atoms with E-state index in [9.17, 15) is 15.2 Å². The van der Waals surface area contributed by atoms with Gasteiger partial charge >= 0.3 is 0 Å². The van der Waals surface area contributed by atoms with Gasteiger partial charge in [0.2, 0.25) is 0 Å². The first-order valence-electron chi connectivity index (χ1n) is 8.60. The number of halogens is 1. The predicted octanol–water partition coefficient (Wildman–Crippen LogP) is 3.08. The van der Waals surface area contributed by atoms with E-state index in [1.807, 2.05) is 6.92 Å². The fourth-order valence-electron chi connectivity index (χ4n) is 2.20. The van der Waals surface area contributed by atoms with Crippen LogP contribution in [0.4, 0.5) is 5.69 Å². The Kier molecular flexibility index (Phi) is 10.8. The lowest BCUT2D eigenvalue weighted by Gasteiger charge is -2.16. The number of aliphatic hydroxyl groups is 1. The summed E-state index contributed by atoms with van der Waals surface area (Å²) in [5.74, 6) is 1.09. The van der Waals surface area contributed by atoms with Gasteiger partial charge in [-0.05, 0) is 38.1 Å². The number of thiophene rings is 1. The number of nitro benzene ring substituents is 1. The number of hydrogen-bond donors (Lipinski definition) is 3. The zero-order valence-electron chi connectivity index (χ0n) is 15.8. The minimum Gasteiger partial charge on any atom is -0.491 e. The van der Waals surface area contributed by atoms with Crippen molar-refractivity contribution in [1.82, 2.24) is 10.6 Å². The van der Waals surface area contributed by atoms with E-state index in [4.69, 9.17) is 4.74 Å². The number of ether oxygens (including phenoxy) is 1. The van der Waals surface area contributed by atoms with Gasteiger partial charge in [-0.1, -0.05) is 0 Å². The van der Waals surface area contributed by atoms with Crippen molar-refractivity contribution in [3.8, 4) is 5.75 Å². The van der Waals surface area contributed by atoms with Crippen molar-refractivity contribution in [2.45, 2.75) is 26.5 Å². The van der Waals surface area contributed by atoms with Gasteiger partial charge in [-0.3, -0.25) is 10.1 Å². The molecule has 0 fully saturated rings. The normalized spacial score (nSPS) is 12.0. The van der Waals surface area contributed by atoms with Crippen LogP contribution in [0.3, 0.4) is 0 Å². The second-order valence-corrected chi connectivity index (χ2v) is 7.18. The minimum absolute atomic E-state index is 0. The number of nitro groups is 1. The number of rotatable bonds is 9. The van der Waals surface area contributed by atoms with Crippen LogP contribution in [0, 0.1) is 17.0 Å². The maximum absolute atomic E-state index is 10.6. The Balaban J connectivity index is 0.00000392. The molecule has 0 aliphatic heterocycles. The van der Waals surface area contributed by atoms with Crippen molar-refractivity contribution in [1.29, 1.82) is 0 Å². The molecule has 3 N–H and O–H groups in total. The summed E-state index contributed by atoms with van der Waals surface area (Å²) < 4.78 is 5.46. The number of benzene rings is 1. The Bertz CT molecular complexity index is 767. The molecule has 10 heteroatoms. The van der Waals surface area contributed by atoms with Crippen LogP contribution in [0.5, 0.6) is 5.75 Å². The highest BCUT2D eigenvalue weighted by atomic mass is 127. The van der Waals surface area contributed by atoms with Crippen molar-refractivity contribution in [2.75, 3.05) is 19.7 Å². The first-order valence-corrected chi connectivity index (χ1v) is 9.42. The molecule has 0 saturated heterocycles. The van der Waals surface area contributed by atoms with Crippen LogP contribution < -0.4 is 15.4 Å². The molecule has 154 valence electrons. The van der Waals surface area contributed by atoms with E-state index in [1.54, 1.807) is 11.3 Å². The highest BCUT2D eigenvalue weighted by Crippen LogP contribution is 2.17. The van der Waals surface area contributed by atoms with Gasteiger partial charge in [0.15, 0.2) is 5.96 Å². The molecule has 8 nitrogen and oxygen atoms in total. The topological polar surface area (TPSA) is 109 Å². The van der Waals surface area contributed by atoms with E-state index < -0.39 is 11.0 Å². The molecule has 0 saturated carbocycles. The summed E-state index contributed by atoms with van der Waals surface area (Å²) in [6.45, 7) is 5.65. The molecular formula is C18H25IN4O4S. The molecule has 0 aliphatic rings. The molecule has 28 heavy (non-hydrogen) atoms. The Morgan fingerprint density at radius 1 is 1.29 bits per heavy atom. The SMILES string of the molecule is CCNC(=NCc1ccc(C)s1)NCC(O)COc1ccc([N+](=O)[O-])cc1.I. The zero-order chi connectivity index (χ0) is 19.6. The summed E-state index contributed by atoms with van der Waals surface area (Å²) in [6.07, 6.45) is -0.756. The van der Waals surface area contributed by atoms with Gasteiger partial charge in [0.1, 0.15) is 18.5 Å². The second kappa shape index (κ2) is 12.5. The molecule has 1 aromatic carbocycles. The van der Waals surface area contributed by atoms with Gasteiger partial charge in [-0.25, -0.2) is 4.99 Å². The van der Waals surface area contributed by atoms with Gasteiger partial charge in [0, 0.05) is 35.0 Å². The van der Waals surface area contributed by atoms with Crippen molar-refractivity contribution in [2.24, 2.45) is 4.99 Å². The van der Waals surface area contributed by atoms with Crippen LogP contribution in [0.15, 0.2) is 41.4 Å². The second-order valence-electron chi connectivity index (χ2n) is 5.80. The summed E-state index contributed by atoms with van der Waals surface area (Å²) in [5.41, 5.74) is -0.00278. The van der Waals surface area contributed by atoms with Crippen molar-refractivity contribution >= 4 is 47.0 Å². The number of non-ortho nitro benzene ring substituents is 1. The van der Waals surface area contributed by atoms with Crippen LogP contribution in [0.1, 0.15) is 16.7 Å². The summed E-state index contributed by atoms with van der Waals surface area (Å²) in [5, 5.41) is 26.9. The van der Waals surface area contributed by atoms with E-state index >= 15 is 0 Å². The maximum Gasteiger partial charge on any atom is 0.269 e. The fraction of sp³-hybridized carbons (Fsp3) is 0.389. The Morgan fingerprint density at radius 2 is 2.00 bits per heavy atom. The maximum atomic E-state index is 10.6. The van der Waals surface area contributed by atoms with Crippen LogP contribution in [-0.4, -0.2) is 41.8 Å². The quantitative estimate of drug-likeness (QED) is 0.154. The average molecular weight is 520 g/mol. The summed E-state index contributed by atoms with van der Waals surface area (Å²) in [6, 6.07) is 9.86. The van der Waals surface area contributed by atoms with Gasteiger partial charge < -0.3 is 20.5 Å². The van der Waals surface area contributed by atoms with E-state index in [1.165, 1.54) is 34.0 Å². The number of hydrogen-bond acceptors (Lipinski definition) is 6. The molecule has 1 heterocycles. The van der Waals surface area contributed by atoms with Gasteiger partial charge in [0.25, 0.3) is 5.69 Å².